The molecule has 3 fully saturated rings. The third-order valence-corrected chi connectivity index (χ3v) is 7.06. The Kier molecular flexibility index (Phi) is 6.67. The van der Waals surface area contributed by atoms with Crippen LogP contribution in [0.1, 0.15) is 52.3 Å². The third kappa shape index (κ3) is 4.93. The van der Waals surface area contributed by atoms with Gasteiger partial charge in [0.05, 0.1) is 11.6 Å². The van der Waals surface area contributed by atoms with Crippen molar-refractivity contribution in [3.8, 4) is 11.9 Å². The van der Waals surface area contributed by atoms with Gasteiger partial charge in [-0.25, -0.2) is 4.79 Å². The fraction of sp³-hybridized carbons (Fsp3) is 0.667. The number of likely N-dealkylation sites (N-methyl/N-ethyl adjacent to an activating group) is 1. The molecule has 10 heteroatoms. The minimum absolute atomic E-state index is 0.00333. The van der Waals surface area contributed by atoms with Gasteiger partial charge in [0, 0.05) is 19.6 Å². The van der Waals surface area contributed by atoms with Crippen molar-refractivity contribution in [2.75, 3.05) is 38.1 Å². The molecule has 0 unspecified atom stereocenters. The molecule has 1 saturated carbocycles. The molecule has 1 amide bonds. The van der Waals surface area contributed by atoms with Gasteiger partial charge in [-0.2, -0.15) is 15.2 Å². The first-order valence-corrected chi connectivity index (χ1v) is 12.2. The quantitative estimate of drug-likeness (QED) is 0.580. The van der Waals surface area contributed by atoms with E-state index < -0.39 is 5.60 Å². The van der Waals surface area contributed by atoms with Crippen LogP contribution in [0.5, 0.6) is 5.88 Å². The van der Waals surface area contributed by atoms with Crippen LogP contribution in [0.25, 0.3) is 0 Å². The first kappa shape index (κ1) is 24.6. The molecule has 0 radical (unpaired) electrons. The topological polar surface area (TPSA) is 94.8 Å². The lowest BCUT2D eigenvalue weighted by Gasteiger charge is -2.43. The maximum Gasteiger partial charge on any atom is 0.410 e. The van der Waals surface area contributed by atoms with Crippen LogP contribution in [-0.4, -0.2) is 82.4 Å². The maximum atomic E-state index is 12.8. The van der Waals surface area contributed by atoms with Crippen molar-refractivity contribution in [2.45, 2.75) is 69.7 Å². The van der Waals surface area contributed by atoms with Crippen LogP contribution in [0.15, 0.2) is 12.7 Å². The summed E-state index contributed by atoms with van der Waals surface area (Å²) in [5, 5.41) is 9.84. The van der Waals surface area contributed by atoms with E-state index in [-0.39, 0.29) is 40.5 Å². The minimum atomic E-state index is -0.552. The summed E-state index contributed by atoms with van der Waals surface area (Å²) in [5.41, 5.74) is -0.859. The van der Waals surface area contributed by atoms with E-state index in [4.69, 9.17) is 21.1 Å². The van der Waals surface area contributed by atoms with Crippen molar-refractivity contribution in [1.29, 1.82) is 5.26 Å². The number of hydrogen-bond acceptors (Lipinski definition) is 8. The monoisotopic (exact) mass is 488 g/mol. The summed E-state index contributed by atoms with van der Waals surface area (Å²) in [6.07, 6.45) is 5.00. The number of anilines is 1. The fourth-order valence-corrected chi connectivity index (χ4v) is 5.10. The molecule has 9 nitrogen and oxygen atoms in total. The summed E-state index contributed by atoms with van der Waals surface area (Å²) in [6, 6.07) is 2.20. The number of aromatic nitrogens is 2. The van der Waals surface area contributed by atoms with Gasteiger partial charge in [-0.15, -0.1) is 0 Å². The zero-order chi connectivity index (χ0) is 24.7. The van der Waals surface area contributed by atoms with Gasteiger partial charge in [0.2, 0.25) is 11.7 Å². The summed E-state index contributed by atoms with van der Waals surface area (Å²) in [7, 11) is 2.06. The Balaban J connectivity index is 1.56. The highest BCUT2D eigenvalue weighted by molar-refractivity contribution is 6.34. The average Bonchev–Trinajstić information content (AvgIpc) is 3.40. The van der Waals surface area contributed by atoms with Crippen LogP contribution in [0.2, 0.25) is 5.02 Å². The number of likely N-dealkylation sites (tertiary alicyclic amines) is 1. The maximum absolute atomic E-state index is 12.8. The lowest BCUT2D eigenvalue weighted by molar-refractivity contribution is 0.0106. The number of carbonyl (C=O) groups excluding carboxylic acids is 1. The van der Waals surface area contributed by atoms with Crippen LogP contribution in [0.4, 0.5) is 10.6 Å². The van der Waals surface area contributed by atoms with Crippen LogP contribution in [0.3, 0.4) is 0 Å². The molecule has 1 aliphatic carbocycles. The van der Waals surface area contributed by atoms with E-state index >= 15 is 0 Å². The van der Waals surface area contributed by atoms with E-state index in [1.54, 1.807) is 6.08 Å². The van der Waals surface area contributed by atoms with E-state index in [0.29, 0.717) is 25.5 Å². The second kappa shape index (κ2) is 9.23. The van der Waals surface area contributed by atoms with Gasteiger partial charge in [0.15, 0.2) is 5.82 Å². The number of piperazine rings is 1. The molecular formula is C24H33ClN6O3. The normalized spacial score (nSPS) is 22.9. The van der Waals surface area contributed by atoms with Crippen molar-refractivity contribution >= 4 is 23.5 Å². The van der Waals surface area contributed by atoms with Crippen molar-refractivity contribution in [1.82, 2.24) is 19.8 Å². The number of amides is 1. The molecule has 3 aliphatic rings. The minimum Gasteiger partial charge on any atom is -0.467 e. The fourth-order valence-electron chi connectivity index (χ4n) is 4.85. The van der Waals surface area contributed by atoms with Crippen molar-refractivity contribution in [2.24, 2.45) is 0 Å². The van der Waals surface area contributed by atoms with Crippen LogP contribution >= 0.6 is 11.6 Å². The largest absolute Gasteiger partial charge is 0.467 e. The number of nitrogens with zero attached hydrogens (tertiary/aromatic N) is 6. The zero-order valence-electron chi connectivity index (χ0n) is 20.4. The molecule has 0 N–H and O–H groups in total. The Labute approximate surface area is 206 Å². The van der Waals surface area contributed by atoms with Crippen molar-refractivity contribution in [3.63, 3.8) is 0 Å². The number of rotatable bonds is 5. The molecule has 34 heavy (non-hydrogen) atoms. The standard InChI is InChI=1S/C24H33ClN6O3/c1-6-17(16-8-7-11-29(16)5)33-21-19(25)20(27-18(14-26)28-21)30-12-13-31(24(15-30)9-10-24)22(32)34-23(2,3)4/h6,16-17H,1,7-13,15H2,2-5H3/t16-,17-/m0/s1. The first-order valence-electron chi connectivity index (χ1n) is 11.8. The van der Waals surface area contributed by atoms with E-state index in [1.807, 2.05) is 36.6 Å². The summed E-state index contributed by atoms with van der Waals surface area (Å²) < 4.78 is 11.8. The first-order chi connectivity index (χ1) is 16.1. The Hall–Kier alpha value is -2.57. The van der Waals surface area contributed by atoms with Gasteiger partial charge in [-0.05, 0) is 66.1 Å². The number of hydrogen-bond donors (Lipinski definition) is 0. The van der Waals surface area contributed by atoms with Crippen LogP contribution < -0.4 is 9.64 Å². The van der Waals surface area contributed by atoms with Gasteiger partial charge in [0.25, 0.3) is 0 Å². The van der Waals surface area contributed by atoms with E-state index in [1.165, 1.54) is 0 Å². The summed E-state index contributed by atoms with van der Waals surface area (Å²) in [5.74, 6) is 0.644. The highest BCUT2D eigenvalue weighted by Crippen LogP contribution is 2.46. The van der Waals surface area contributed by atoms with Gasteiger partial charge in [-0.1, -0.05) is 18.2 Å². The highest BCUT2D eigenvalue weighted by Gasteiger charge is 2.54. The van der Waals surface area contributed by atoms with E-state index in [2.05, 4.69) is 28.5 Å². The van der Waals surface area contributed by atoms with Crippen molar-refractivity contribution in [3.05, 3.63) is 23.5 Å². The Morgan fingerprint density at radius 2 is 2.06 bits per heavy atom. The second-order valence-electron chi connectivity index (χ2n) is 10.4. The number of halogens is 1. The number of ether oxygens (including phenoxy) is 2. The smallest absolute Gasteiger partial charge is 0.410 e. The molecule has 1 spiro atoms. The van der Waals surface area contributed by atoms with Gasteiger partial charge >= 0.3 is 6.09 Å². The highest BCUT2D eigenvalue weighted by atomic mass is 35.5. The summed E-state index contributed by atoms with van der Waals surface area (Å²) in [4.78, 5) is 27.6. The molecule has 2 aliphatic heterocycles. The zero-order valence-corrected chi connectivity index (χ0v) is 21.1. The SMILES string of the molecule is C=C[C@H](Oc1nc(C#N)nc(N2CCN(C(=O)OC(C)(C)C)C3(CC3)C2)c1Cl)[C@@H]1CCCN1C. The third-order valence-electron chi connectivity index (χ3n) is 6.73. The van der Waals surface area contributed by atoms with Gasteiger partial charge < -0.3 is 14.4 Å². The molecule has 2 atom stereocenters. The molecule has 1 aromatic heterocycles. The predicted molar refractivity (Wildman–Crippen MR) is 129 cm³/mol. The molecule has 0 aromatic carbocycles. The Morgan fingerprint density at radius 1 is 1.32 bits per heavy atom. The summed E-state index contributed by atoms with van der Waals surface area (Å²) >= 11 is 6.76. The van der Waals surface area contributed by atoms with E-state index in [0.717, 1.165) is 32.2 Å². The van der Waals surface area contributed by atoms with Gasteiger partial charge in [0.1, 0.15) is 22.8 Å². The summed E-state index contributed by atoms with van der Waals surface area (Å²) in [6.45, 7) is 12.1. The molecule has 184 valence electrons. The van der Waals surface area contributed by atoms with Gasteiger partial charge in [-0.3, -0.25) is 9.80 Å². The molecule has 0 bridgehead atoms. The molecule has 1 aromatic rings. The van der Waals surface area contributed by atoms with Crippen LogP contribution in [0, 0.1) is 11.3 Å². The van der Waals surface area contributed by atoms with E-state index in [9.17, 15) is 10.1 Å². The molecular weight excluding hydrogens is 456 g/mol. The predicted octanol–water partition coefficient (Wildman–Crippen LogP) is 3.62. The Morgan fingerprint density at radius 3 is 2.62 bits per heavy atom. The lowest BCUT2D eigenvalue weighted by atomic mass is 10.1. The molecule has 2 saturated heterocycles. The van der Waals surface area contributed by atoms with Crippen molar-refractivity contribution < 1.29 is 14.3 Å². The molecule has 3 heterocycles. The number of carbonyl (C=O) groups is 1. The lowest BCUT2D eigenvalue weighted by Crippen LogP contribution is -2.58. The average molecular weight is 489 g/mol. The number of nitriles is 1. The second-order valence-corrected chi connectivity index (χ2v) is 10.8. The Bertz CT molecular complexity index is 1000. The van der Waals surface area contributed by atoms with Crippen LogP contribution in [-0.2, 0) is 4.74 Å². The molecule has 4 rings (SSSR count).